The number of aliphatic hydroxyl groups excluding tert-OH is 1. The van der Waals surface area contributed by atoms with Crippen molar-refractivity contribution >= 4 is 22.6 Å². The lowest BCUT2D eigenvalue weighted by Gasteiger charge is -2.39. The van der Waals surface area contributed by atoms with Gasteiger partial charge < -0.3 is 18.7 Å². The summed E-state index contributed by atoms with van der Waals surface area (Å²) in [4.78, 5) is 11.0. The van der Waals surface area contributed by atoms with Crippen molar-refractivity contribution in [2.45, 2.75) is 111 Å². The van der Waals surface area contributed by atoms with Gasteiger partial charge in [0.25, 0.3) is 8.32 Å². The number of hydrogen-bond acceptors (Lipinski definition) is 5. The summed E-state index contributed by atoms with van der Waals surface area (Å²) in [6.45, 7) is 25.7. The van der Waals surface area contributed by atoms with Crippen molar-refractivity contribution in [3.8, 4) is 23.3 Å². The molecule has 0 radical (unpaired) electrons. The van der Waals surface area contributed by atoms with E-state index in [4.69, 9.17) is 13.6 Å². The minimum atomic E-state index is -2.18. The number of rotatable bonds is 8. The van der Waals surface area contributed by atoms with Gasteiger partial charge in [-0.3, -0.25) is 4.79 Å². The van der Waals surface area contributed by atoms with Gasteiger partial charge in [0.1, 0.15) is 11.5 Å². The van der Waals surface area contributed by atoms with Crippen molar-refractivity contribution in [3.63, 3.8) is 0 Å². The molecule has 1 aromatic rings. The van der Waals surface area contributed by atoms with E-state index < -0.39 is 16.6 Å². The molecule has 0 heterocycles. The first-order valence-electron chi connectivity index (χ1n) is 12.1. The van der Waals surface area contributed by atoms with Crippen LogP contribution in [0.5, 0.6) is 11.5 Å². The van der Waals surface area contributed by atoms with Gasteiger partial charge in [-0.15, -0.1) is 0 Å². The Bertz CT molecular complexity index is 926. The highest BCUT2D eigenvalue weighted by Crippen LogP contribution is 2.44. The van der Waals surface area contributed by atoms with Gasteiger partial charge in [0.15, 0.2) is 0 Å². The molecule has 0 aromatic heterocycles. The number of benzene rings is 1. The molecule has 0 aliphatic carbocycles. The molecule has 0 bridgehead atoms. The Balaban J connectivity index is 3.56. The molecule has 5 nitrogen and oxygen atoms in total. The minimum Gasteiger partial charge on any atom is -0.543 e. The Morgan fingerprint density at radius 3 is 2.00 bits per heavy atom. The van der Waals surface area contributed by atoms with E-state index >= 15 is 0 Å². The third-order valence-electron chi connectivity index (χ3n) is 7.05. The number of aliphatic hydroxyl groups is 1. The summed E-state index contributed by atoms with van der Waals surface area (Å²) in [7, 11) is -4.29. The molecule has 1 aromatic carbocycles. The van der Waals surface area contributed by atoms with Crippen LogP contribution >= 0.6 is 0 Å². The van der Waals surface area contributed by atoms with Gasteiger partial charge in [-0.1, -0.05) is 53.4 Å². The smallest absolute Gasteiger partial charge is 0.302 e. The molecule has 0 saturated heterocycles. The molecule has 192 valence electrons. The maximum absolute atomic E-state index is 11.0. The molecule has 34 heavy (non-hydrogen) atoms. The van der Waals surface area contributed by atoms with Crippen LogP contribution in [-0.2, 0) is 16.1 Å². The van der Waals surface area contributed by atoms with Crippen LogP contribution < -0.4 is 8.85 Å². The lowest BCUT2D eigenvalue weighted by atomic mass is 10.0. The summed E-state index contributed by atoms with van der Waals surface area (Å²) in [6.07, 6.45) is 1.25. The largest absolute Gasteiger partial charge is 0.543 e. The van der Waals surface area contributed by atoms with E-state index in [2.05, 4.69) is 79.6 Å². The number of unbranched alkanes of at least 4 members (excludes halogenated alkanes) is 1. The number of ether oxygens (including phenoxy) is 1. The van der Waals surface area contributed by atoms with Gasteiger partial charge in [-0.2, -0.15) is 0 Å². The summed E-state index contributed by atoms with van der Waals surface area (Å²) < 4.78 is 18.5. The zero-order valence-electron chi connectivity index (χ0n) is 23.5. The Morgan fingerprint density at radius 2 is 1.53 bits per heavy atom. The van der Waals surface area contributed by atoms with E-state index in [-0.39, 0.29) is 22.7 Å². The van der Waals surface area contributed by atoms with Gasteiger partial charge in [0, 0.05) is 30.0 Å². The second-order valence-corrected chi connectivity index (χ2v) is 21.4. The summed E-state index contributed by atoms with van der Waals surface area (Å²) in [6, 6.07) is 1.96. The van der Waals surface area contributed by atoms with Gasteiger partial charge >= 0.3 is 5.97 Å². The summed E-state index contributed by atoms with van der Waals surface area (Å²) in [5, 5.41) is 10.4. The van der Waals surface area contributed by atoms with Crippen molar-refractivity contribution in [2.75, 3.05) is 6.61 Å². The fraction of sp³-hybridized carbons (Fsp3) is 0.667. The van der Waals surface area contributed by atoms with Crippen molar-refractivity contribution in [1.29, 1.82) is 0 Å². The molecule has 0 amide bonds. The molecule has 1 N–H and O–H groups in total. The maximum Gasteiger partial charge on any atom is 0.302 e. The molecule has 0 unspecified atom stereocenters. The van der Waals surface area contributed by atoms with E-state index in [1.807, 2.05) is 13.0 Å². The molecular weight excluding hydrogens is 460 g/mol. The van der Waals surface area contributed by atoms with Crippen LogP contribution in [0.1, 0.15) is 78.0 Å². The van der Waals surface area contributed by atoms with Crippen molar-refractivity contribution in [1.82, 2.24) is 0 Å². The topological polar surface area (TPSA) is 65.0 Å². The standard InChI is InChI=1S/C27H46O5Si2/c1-20-24(31-33(9,10)26(3,4)5)18-22(16-14-13-15-17-30-21(2)29)23(19-28)25(20)32-34(11,12)27(6,7)8/h18,28H,13,15,17,19H2,1-12H3. The van der Waals surface area contributed by atoms with Gasteiger partial charge in [0.2, 0.25) is 8.32 Å². The average molecular weight is 507 g/mol. The molecule has 0 atom stereocenters. The minimum absolute atomic E-state index is 0.00497. The quantitative estimate of drug-likeness (QED) is 0.179. The molecule has 0 aliphatic rings. The van der Waals surface area contributed by atoms with Crippen LogP contribution in [0.4, 0.5) is 0 Å². The van der Waals surface area contributed by atoms with E-state index in [9.17, 15) is 9.90 Å². The zero-order chi connectivity index (χ0) is 26.5. The highest BCUT2D eigenvalue weighted by atomic mass is 28.4. The van der Waals surface area contributed by atoms with E-state index in [1.54, 1.807) is 0 Å². The number of carbonyl (C=O) groups excluding carboxylic acids is 1. The monoisotopic (exact) mass is 506 g/mol. The number of hydrogen-bond donors (Lipinski definition) is 1. The van der Waals surface area contributed by atoms with Crippen LogP contribution in [0.25, 0.3) is 0 Å². The zero-order valence-corrected chi connectivity index (χ0v) is 25.5. The van der Waals surface area contributed by atoms with Crippen LogP contribution in [-0.4, -0.2) is 34.3 Å². The predicted molar refractivity (Wildman–Crippen MR) is 145 cm³/mol. The molecule has 0 aliphatic heterocycles. The first-order valence-corrected chi connectivity index (χ1v) is 17.9. The SMILES string of the molecule is CC(=O)OCCCC#Cc1cc(O[Si](C)(C)C(C)(C)C)c(C)c(O[Si](C)(C)C(C)(C)C)c1CO. The Morgan fingerprint density at radius 1 is 1.00 bits per heavy atom. The second kappa shape index (κ2) is 11.3. The van der Waals surface area contributed by atoms with Gasteiger partial charge in [-0.25, -0.2) is 0 Å². The normalized spacial score (nSPS) is 12.6. The average Bonchev–Trinajstić information content (AvgIpc) is 2.65. The molecule has 0 saturated carbocycles. The molecule has 7 heteroatoms. The van der Waals surface area contributed by atoms with Gasteiger partial charge in [-0.05, 0) is 55.7 Å². The lowest BCUT2D eigenvalue weighted by Crippen LogP contribution is -2.45. The van der Waals surface area contributed by atoms with Crippen molar-refractivity contribution < 1.29 is 23.5 Å². The van der Waals surface area contributed by atoms with Crippen molar-refractivity contribution in [3.05, 3.63) is 22.8 Å². The number of esters is 1. The highest BCUT2D eigenvalue weighted by Gasteiger charge is 2.42. The fourth-order valence-electron chi connectivity index (χ4n) is 2.67. The van der Waals surface area contributed by atoms with Crippen LogP contribution in [0.2, 0.25) is 36.3 Å². The van der Waals surface area contributed by atoms with E-state index in [0.29, 0.717) is 30.8 Å². The predicted octanol–water partition coefficient (Wildman–Crippen LogP) is 6.95. The van der Waals surface area contributed by atoms with Crippen LogP contribution in [0, 0.1) is 18.8 Å². The third-order valence-corrected chi connectivity index (χ3v) is 15.7. The maximum atomic E-state index is 11.0. The Labute approximate surface area is 209 Å². The molecular formula is C27H46O5Si2. The van der Waals surface area contributed by atoms with E-state index in [1.165, 1.54) is 6.92 Å². The van der Waals surface area contributed by atoms with Crippen LogP contribution in [0.3, 0.4) is 0 Å². The Kier molecular flexibility index (Phi) is 10.1. The van der Waals surface area contributed by atoms with Crippen molar-refractivity contribution in [2.24, 2.45) is 0 Å². The van der Waals surface area contributed by atoms with Crippen LogP contribution in [0.15, 0.2) is 6.07 Å². The lowest BCUT2D eigenvalue weighted by molar-refractivity contribution is -0.141. The first kappa shape index (κ1) is 30.3. The number of carbonyl (C=O) groups is 1. The van der Waals surface area contributed by atoms with Gasteiger partial charge in [0.05, 0.1) is 13.2 Å². The summed E-state index contributed by atoms with van der Waals surface area (Å²) in [5.41, 5.74) is 2.35. The van der Waals surface area contributed by atoms with E-state index in [0.717, 1.165) is 16.9 Å². The highest BCUT2D eigenvalue weighted by molar-refractivity contribution is 6.75. The summed E-state index contributed by atoms with van der Waals surface area (Å²) >= 11 is 0. The third kappa shape index (κ3) is 7.89. The molecule has 0 fully saturated rings. The molecule has 0 spiro atoms. The fourth-order valence-corrected chi connectivity index (χ4v) is 4.83. The molecule has 1 rings (SSSR count). The summed E-state index contributed by atoms with van der Waals surface area (Å²) in [5.74, 6) is 7.60. The Hall–Kier alpha value is -1.76. The first-order chi connectivity index (χ1) is 15.3. The second-order valence-electron chi connectivity index (χ2n) is 12.0.